The van der Waals surface area contributed by atoms with Gasteiger partial charge in [-0.3, -0.25) is 20.6 Å². The zero-order valence-electron chi connectivity index (χ0n) is 21.2. The maximum absolute atomic E-state index is 12.0. The number of carbonyl (C=O) groups excluding carboxylic acids is 2. The van der Waals surface area contributed by atoms with Crippen molar-refractivity contribution in [3.63, 3.8) is 0 Å². The van der Waals surface area contributed by atoms with Gasteiger partial charge in [-0.05, 0) is 86.6 Å². The molecule has 2 amide bonds. The third kappa shape index (κ3) is 6.69. The standard InChI is InChI=1S/C27H32N6O3/c1-5-7-8-9-23-22-15-19(10-11-24(22)32-31-23)14-21-17(3)12-20(13-18(21)4)30-33-25(16-28)26(34)29-27(35)36-6-2/h10-13,15,30H,5-9,14H2,1-4H3,(H,31,32)(H,29,34,35). The number of carbonyl (C=O) groups is 2. The van der Waals surface area contributed by atoms with E-state index in [0.29, 0.717) is 5.69 Å². The molecule has 3 aromatic rings. The minimum absolute atomic E-state index is 0.108. The second-order valence-corrected chi connectivity index (χ2v) is 8.63. The van der Waals surface area contributed by atoms with Crippen LogP contribution in [0.25, 0.3) is 10.9 Å². The van der Waals surface area contributed by atoms with Crippen molar-refractivity contribution in [3.05, 3.63) is 58.3 Å². The molecule has 0 aliphatic rings. The summed E-state index contributed by atoms with van der Waals surface area (Å²) in [5.74, 6) is -0.933. The maximum Gasteiger partial charge on any atom is 0.414 e. The molecule has 0 saturated heterocycles. The van der Waals surface area contributed by atoms with E-state index in [1.807, 2.05) is 31.3 Å². The maximum atomic E-state index is 12.0. The Bertz CT molecular complexity index is 1300. The number of anilines is 1. The van der Waals surface area contributed by atoms with E-state index in [1.165, 1.54) is 35.0 Å². The van der Waals surface area contributed by atoms with Gasteiger partial charge in [0, 0.05) is 11.1 Å². The minimum Gasteiger partial charge on any atom is -0.450 e. The van der Waals surface area contributed by atoms with Crippen molar-refractivity contribution in [2.75, 3.05) is 12.0 Å². The Balaban J connectivity index is 1.75. The van der Waals surface area contributed by atoms with Gasteiger partial charge in [0.05, 0.1) is 17.8 Å². The largest absolute Gasteiger partial charge is 0.450 e. The molecule has 3 rings (SSSR count). The van der Waals surface area contributed by atoms with Crippen LogP contribution in [-0.4, -0.2) is 34.5 Å². The van der Waals surface area contributed by atoms with Crippen molar-refractivity contribution in [1.82, 2.24) is 15.5 Å². The van der Waals surface area contributed by atoms with E-state index < -0.39 is 17.7 Å². The van der Waals surface area contributed by atoms with Crippen LogP contribution in [0.5, 0.6) is 0 Å². The van der Waals surface area contributed by atoms with Crippen LogP contribution in [0.1, 0.15) is 61.1 Å². The van der Waals surface area contributed by atoms with Gasteiger partial charge < -0.3 is 4.74 Å². The minimum atomic E-state index is -0.933. The SMILES string of the molecule is CCCCCc1[nH]nc2ccc(Cc3c(C)cc(NN=C(C#N)C(=O)NC(=O)OCC)cc3C)cc12. The molecule has 1 aromatic heterocycles. The van der Waals surface area contributed by atoms with Crippen LogP contribution in [0.4, 0.5) is 10.5 Å². The Kier molecular flexibility index (Phi) is 9.17. The number of H-pyrrole nitrogens is 1. The van der Waals surface area contributed by atoms with Gasteiger partial charge >= 0.3 is 6.09 Å². The highest BCUT2D eigenvalue weighted by Crippen LogP contribution is 2.26. The summed E-state index contributed by atoms with van der Waals surface area (Å²) < 4.78 is 4.65. The van der Waals surface area contributed by atoms with Crippen LogP contribution < -0.4 is 10.7 Å². The van der Waals surface area contributed by atoms with Crippen molar-refractivity contribution in [3.8, 4) is 6.07 Å². The van der Waals surface area contributed by atoms with Crippen molar-refractivity contribution in [2.45, 2.75) is 59.8 Å². The molecule has 0 unspecified atom stereocenters. The number of nitriles is 1. The van der Waals surface area contributed by atoms with Crippen LogP contribution in [0.3, 0.4) is 0 Å². The number of hydrogen-bond donors (Lipinski definition) is 3. The normalized spacial score (nSPS) is 11.2. The topological polar surface area (TPSA) is 132 Å². The van der Waals surface area contributed by atoms with E-state index in [9.17, 15) is 14.9 Å². The second kappa shape index (κ2) is 12.5. The smallest absolute Gasteiger partial charge is 0.414 e. The van der Waals surface area contributed by atoms with Gasteiger partial charge in [-0.1, -0.05) is 25.8 Å². The number of fused-ring (bicyclic) bond motifs is 1. The van der Waals surface area contributed by atoms with Gasteiger partial charge in [-0.2, -0.15) is 15.5 Å². The predicted molar refractivity (Wildman–Crippen MR) is 140 cm³/mol. The van der Waals surface area contributed by atoms with Crippen LogP contribution in [0.2, 0.25) is 0 Å². The van der Waals surface area contributed by atoms with Gasteiger partial charge in [0.15, 0.2) is 0 Å². The predicted octanol–water partition coefficient (Wildman–Crippen LogP) is 5.07. The van der Waals surface area contributed by atoms with E-state index in [2.05, 4.69) is 50.6 Å². The number of imide groups is 1. The lowest BCUT2D eigenvalue weighted by Gasteiger charge is -2.13. The number of rotatable bonds is 10. The van der Waals surface area contributed by atoms with Gasteiger partial charge in [0.25, 0.3) is 5.91 Å². The number of hydrogen-bond acceptors (Lipinski definition) is 7. The van der Waals surface area contributed by atoms with Crippen LogP contribution >= 0.6 is 0 Å². The molecule has 0 bridgehead atoms. The van der Waals surface area contributed by atoms with E-state index in [1.54, 1.807) is 13.0 Å². The first kappa shape index (κ1) is 26.4. The highest BCUT2D eigenvalue weighted by atomic mass is 16.5. The highest BCUT2D eigenvalue weighted by molar-refractivity contribution is 6.46. The molecule has 0 radical (unpaired) electrons. The molecule has 36 heavy (non-hydrogen) atoms. The molecule has 3 N–H and O–H groups in total. The number of amides is 2. The molecule has 0 spiro atoms. The number of benzene rings is 2. The zero-order valence-corrected chi connectivity index (χ0v) is 21.2. The summed E-state index contributed by atoms with van der Waals surface area (Å²) in [5.41, 5.74) is 9.57. The fourth-order valence-electron chi connectivity index (χ4n) is 4.07. The highest BCUT2D eigenvalue weighted by Gasteiger charge is 2.16. The monoisotopic (exact) mass is 488 g/mol. The van der Waals surface area contributed by atoms with Crippen molar-refractivity contribution < 1.29 is 14.3 Å². The molecule has 1 heterocycles. The summed E-state index contributed by atoms with van der Waals surface area (Å²) >= 11 is 0. The third-order valence-electron chi connectivity index (χ3n) is 5.91. The Morgan fingerprint density at radius 1 is 1.14 bits per heavy atom. The Morgan fingerprint density at radius 3 is 2.56 bits per heavy atom. The number of aromatic nitrogens is 2. The van der Waals surface area contributed by atoms with Crippen LogP contribution in [0, 0.1) is 25.2 Å². The number of alkyl carbamates (subject to hydrolysis) is 1. The van der Waals surface area contributed by atoms with Crippen LogP contribution in [0.15, 0.2) is 35.4 Å². The third-order valence-corrected chi connectivity index (χ3v) is 5.91. The van der Waals surface area contributed by atoms with Gasteiger partial charge in [-0.25, -0.2) is 4.79 Å². The van der Waals surface area contributed by atoms with E-state index in [4.69, 9.17) is 0 Å². The molecular weight excluding hydrogens is 456 g/mol. The van der Waals surface area contributed by atoms with Gasteiger partial charge in [0.1, 0.15) is 6.07 Å². The fraction of sp³-hybridized carbons (Fsp3) is 0.370. The summed E-state index contributed by atoms with van der Waals surface area (Å²) in [7, 11) is 0. The number of ether oxygens (including phenoxy) is 1. The molecule has 0 saturated carbocycles. The molecular formula is C27H32N6O3. The first-order valence-electron chi connectivity index (χ1n) is 12.1. The summed E-state index contributed by atoms with van der Waals surface area (Å²) in [6.45, 7) is 7.95. The average Bonchev–Trinajstić information content (AvgIpc) is 3.24. The Hall–Kier alpha value is -4.19. The Morgan fingerprint density at radius 2 is 1.89 bits per heavy atom. The summed E-state index contributed by atoms with van der Waals surface area (Å²) in [6, 6.07) is 11.9. The summed E-state index contributed by atoms with van der Waals surface area (Å²) in [6.07, 6.45) is 4.37. The second-order valence-electron chi connectivity index (χ2n) is 8.63. The number of aryl methyl sites for hydroxylation is 3. The lowest BCUT2D eigenvalue weighted by Crippen LogP contribution is -2.36. The molecule has 0 aliphatic heterocycles. The number of nitrogens with zero attached hydrogens (tertiary/aromatic N) is 3. The number of hydrazone groups is 1. The molecule has 2 aromatic carbocycles. The van der Waals surface area contributed by atoms with Gasteiger partial charge in [-0.15, -0.1) is 0 Å². The molecule has 188 valence electrons. The first-order valence-corrected chi connectivity index (χ1v) is 12.1. The van der Waals surface area contributed by atoms with E-state index >= 15 is 0 Å². The van der Waals surface area contributed by atoms with Crippen molar-refractivity contribution in [1.29, 1.82) is 5.26 Å². The van der Waals surface area contributed by atoms with Crippen molar-refractivity contribution in [2.24, 2.45) is 5.10 Å². The summed E-state index contributed by atoms with van der Waals surface area (Å²) in [5, 5.41) is 23.9. The van der Waals surface area contributed by atoms with Crippen molar-refractivity contribution >= 4 is 34.3 Å². The zero-order chi connectivity index (χ0) is 26.1. The molecule has 9 nitrogen and oxygen atoms in total. The van der Waals surface area contributed by atoms with E-state index in [-0.39, 0.29) is 6.61 Å². The quantitative estimate of drug-likeness (QED) is 0.207. The molecule has 9 heteroatoms. The molecule has 0 fully saturated rings. The Labute approximate surface area is 210 Å². The van der Waals surface area contributed by atoms with Crippen LogP contribution in [-0.2, 0) is 22.4 Å². The lowest BCUT2D eigenvalue weighted by molar-refractivity contribution is -0.114. The average molecular weight is 489 g/mol. The number of nitrogens with one attached hydrogen (secondary N) is 3. The molecule has 0 atom stereocenters. The molecule has 0 aliphatic carbocycles. The number of aromatic amines is 1. The number of unbranched alkanes of at least 4 members (excludes halogenated alkanes) is 2. The first-order chi connectivity index (χ1) is 17.4. The summed E-state index contributed by atoms with van der Waals surface area (Å²) in [4.78, 5) is 23.4. The van der Waals surface area contributed by atoms with E-state index in [0.717, 1.165) is 35.9 Å². The fourth-order valence-corrected chi connectivity index (χ4v) is 4.07. The lowest BCUT2D eigenvalue weighted by atomic mass is 9.94. The van der Waals surface area contributed by atoms with Gasteiger partial charge in [0.2, 0.25) is 5.71 Å².